The lowest BCUT2D eigenvalue weighted by molar-refractivity contribution is 0.473. The van der Waals surface area contributed by atoms with Crippen LogP contribution in [0.3, 0.4) is 0 Å². The first kappa shape index (κ1) is 13.4. The standard InChI is InChI=1S/C17H23N3/c1-3-18-17-9-5-7-14-10-20(12-16(14)17)11-15-8-4-6-13(2)19-15/h4,6,8,10,12,17-18H,3,5,7,9,11H2,1-2H3. The van der Waals surface area contributed by atoms with E-state index in [1.165, 1.54) is 30.4 Å². The van der Waals surface area contributed by atoms with E-state index in [1.54, 1.807) is 0 Å². The highest BCUT2D eigenvalue weighted by atomic mass is 15.0. The van der Waals surface area contributed by atoms with Crippen molar-refractivity contribution in [2.75, 3.05) is 6.54 Å². The van der Waals surface area contributed by atoms with E-state index >= 15 is 0 Å². The highest BCUT2D eigenvalue weighted by Crippen LogP contribution is 2.30. The van der Waals surface area contributed by atoms with Crippen molar-refractivity contribution in [3.8, 4) is 0 Å². The topological polar surface area (TPSA) is 29.9 Å². The molecule has 1 aliphatic rings. The van der Waals surface area contributed by atoms with Crippen LogP contribution in [0.4, 0.5) is 0 Å². The molecule has 106 valence electrons. The van der Waals surface area contributed by atoms with E-state index in [4.69, 9.17) is 0 Å². The Balaban J connectivity index is 1.82. The van der Waals surface area contributed by atoms with Crippen molar-refractivity contribution >= 4 is 0 Å². The molecule has 3 nitrogen and oxygen atoms in total. The predicted molar refractivity (Wildman–Crippen MR) is 81.9 cm³/mol. The fourth-order valence-electron chi connectivity index (χ4n) is 3.17. The molecule has 0 radical (unpaired) electrons. The first-order chi connectivity index (χ1) is 9.76. The molecule has 1 unspecified atom stereocenters. The number of rotatable bonds is 4. The van der Waals surface area contributed by atoms with Crippen LogP contribution in [0.5, 0.6) is 0 Å². The molecule has 0 aliphatic heterocycles. The van der Waals surface area contributed by atoms with Gasteiger partial charge in [-0.2, -0.15) is 0 Å². The van der Waals surface area contributed by atoms with Crippen LogP contribution >= 0.6 is 0 Å². The average molecular weight is 269 g/mol. The first-order valence-electron chi connectivity index (χ1n) is 7.60. The Bertz CT molecular complexity index is 586. The largest absolute Gasteiger partial charge is 0.348 e. The van der Waals surface area contributed by atoms with Gasteiger partial charge in [-0.3, -0.25) is 4.98 Å². The Labute approximate surface area is 121 Å². The number of nitrogens with one attached hydrogen (secondary N) is 1. The van der Waals surface area contributed by atoms with Gasteiger partial charge in [0.05, 0.1) is 12.2 Å². The third-order valence-corrected chi connectivity index (χ3v) is 4.05. The minimum Gasteiger partial charge on any atom is -0.348 e. The molecule has 1 atom stereocenters. The molecule has 0 saturated heterocycles. The molecule has 3 heteroatoms. The van der Waals surface area contributed by atoms with Crippen molar-refractivity contribution in [2.24, 2.45) is 0 Å². The van der Waals surface area contributed by atoms with E-state index < -0.39 is 0 Å². The number of pyridine rings is 1. The van der Waals surface area contributed by atoms with Crippen LogP contribution in [0, 0.1) is 6.92 Å². The SMILES string of the molecule is CCNC1CCCc2cn(Cc3cccc(C)n3)cc21. The summed E-state index contributed by atoms with van der Waals surface area (Å²) in [4.78, 5) is 4.59. The zero-order valence-corrected chi connectivity index (χ0v) is 12.4. The van der Waals surface area contributed by atoms with Crippen molar-refractivity contribution in [1.82, 2.24) is 14.9 Å². The second kappa shape index (κ2) is 5.80. The smallest absolute Gasteiger partial charge is 0.0643 e. The van der Waals surface area contributed by atoms with E-state index in [9.17, 15) is 0 Å². The Morgan fingerprint density at radius 3 is 3.05 bits per heavy atom. The average Bonchev–Trinajstić information content (AvgIpc) is 2.82. The molecule has 2 aromatic heterocycles. The highest BCUT2D eigenvalue weighted by Gasteiger charge is 2.21. The molecule has 0 saturated carbocycles. The second-order valence-electron chi connectivity index (χ2n) is 5.68. The Kier molecular flexibility index (Phi) is 3.88. The van der Waals surface area contributed by atoms with Crippen molar-refractivity contribution in [1.29, 1.82) is 0 Å². The van der Waals surface area contributed by atoms with Crippen molar-refractivity contribution in [2.45, 2.75) is 45.7 Å². The minimum absolute atomic E-state index is 0.537. The van der Waals surface area contributed by atoms with Gasteiger partial charge in [-0.15, -0.1) is 0 Å². The molecular weight excluding hydrogens is 246 g/mol. The predicted octanol–water partition coefficient (Wildman–Crippen LogP) is 3.23. The quantitative estimate of drug-likeness (QED) is 0.923. The fourth-order valence-corrected chi connectivity index (χ4v) is 3.17. The number of hydrogen-bond acceptors (Lipinski definition) is 2. The molecular formula is C17H23N3. The molecule has 3 rings (SSSR count). The fraction of sp³-hybridized carbons (Fsp3) is 0.471. The van der Waals surface area contributed by atoms with Gasteiger partial charge in [-0.05, 0) is 56.0 Å². The van der Waals surface area contributed by atoms with Crippen molar-refractivity contribution < 1.29 is 0 Å². The first-order valence-corrected chi connectivity index (χ1v) is 7.60. The van der Waals surface area contributed by atoms with Crippen molar-refractivity contribution in [3.05, 3.63) is 53.1 Å². The molecule has 0 bridgehead atoms. The lowest BCUT2D eigenvalue weighted by Crippen LogP contribution is -2.23. The summed E-state index contributed by atoms with van der Waals surface area (Å²) in [5.41, 5.74) is 5.22. The van der Waals surface area contributed by atoms with Crippen LogP contribution in [0.1, 0.15) is 48.3 Å². The lowest BCUT2D eigenvalue weighted by Gasteiger charge is -2.22. The molecule has 1 N–H and O–H groups in total. The maximum atomic E-state index is 4.59. The van der Waals surface area contributed by atoms with Crippen LogP contribution in [0.15, 0.2) is 30.6 Å². The monoisotopic (exact) mass is 269 g/mol. The molecule has 0 spiro atoms. The van der Waals surface area contributed by atoms with Gasteiger partial charge in [-0.25, -0.2) is 0 Å². The number of nitrogens with zero attached hydrogens (tertiary/aromatic N) is 2. The van der Waals surface area contributed by atoms with E-state index in [-0.39, 0.29) is 0 Å². The van der Waals surface area contributed by atoms with Gasteiger partial charge in [0.25, 0.3) is 0 Å². The summed E-state index contributed by atoms with van der Waals surface area (Å²) >= 11 is 0. The molecule has 0 fully saturated rings. The summed E-state index contributed by atoms with van der Waals surface area (Å²) in [5.74, 6) is 0. The van der Waals surface area contributed by atoms with Gasteiger partial charge in [0, 0.05) is 24.1 Å². The van der Waals surface area contributed by atoms with E-state index in [0.29, 0.717) is 6.04 Å². The summed E-state index contributed by atoms with van der Waals surface area (Å²) in [6, 6.07) is 6.78. The van der Waals surface area contributed by atoms with Crippen LogP contribution < -0.4 is 5.32 Å². The summed E-state index contributed by atoms with van der Waals surface area (Å²) in [6.45, 7) is 6.13. The third-order valence-electron chi connectivity index (χ3n) is 4.05. The van der Waals surface area contributed by atoms with Crippen LogP contribution in [-0.2, 0) is 13.0 Å². The van der Waals surface area contributed by atoms with Gasteiger partial charge in [0.15, 0.2) is 0 Å². The van der Waals surface area contributed by atoms with Gasteiger partial charge in [-0.1, -0.05) is 13.0 Å². The number of aryl methyl sites for hydroxylation is 2. The van der Waals surface area contributed by atoms with E-state index in [1.807, 2.05) is 13.0 Å². The number of fused-ring (bicyclic) bond motifs is 1. The summed E-state index contributed by atoms with van der Waals surface area (Å²) in [5, 5.41) is 3.60. The Hall–Kier alpha value is -1.61. The Morgan fingerprint density at radius 2 is 2.25 bits per heavy atom. The molecule has 2 aromatic rings. The lowest BCUT2D eigenvalue weighted by atomic mass is 9.91. The van der Waals surface area contributed by atoms with Gasteiger partial charge in [0.2, 0.25) is 0 Å². The van der Waals surface area contributed by atoms with Crippen LogP contribution in [0.2, 0.25) is 0 Å². The zero-order chi connectivity index (χ0) is 13.9. The molecule has 2 heterocycles. The van der Waals surface area contributed by atoms with Gasteiger partial charge < -0.3 is 9.88 Å². The zero-order valence-electron chi connectivity index (χ0n) is 12.4. The Morgan fingerprint density at radius 1 is 1.35 bits per heavy atom. The number of hydrogen-bond donors (Lipinski definition) is 1. The summed E-state index contributed by atoms with van der Waals surface area (Å²) in [7, 11) is 0. The summed E-state index contributed by atoms with van der Waals surface area (Å²) in [6.07, 6.45) is 8.38. The van der Waals surface area contributed by atoms with Crippen molar-refractivity contribution in [3.63, 3.8) is 0 Å². The molecule has 1 aliphatic carbocycles. The van der Waals surface area contributed by atoms with E-state index in [0.717, 1.165) is 24.5 Å². The maximum Gasteiger partial charge on any atom is 0.0643 e. The minimum atomic E-state index is 0.537. The molecule has 0 amide bonds. The number of aromatic nitrogens is 2. The molecule has 0 aromatic carbocycles. The molecule has 20 heavy (non-hydrogen) atoms. The normalized spacial score (nSPS) is 18.0. The highest BCUT2D eigenvalue weighted by molar-refractivity contribution is 5.30. The third kappa shape index (κ3) is 2.78. The van der Waals surface area contributed by atoms with Crippen LogP contribution in [-0.4, -0.2) is 16.1 Å². The second-order valence-corrected chi connectivity index (χ2v) is 5.68. The van der Waals surface area contributed by atoms with Gasteiger partial charge in [0.1, 0.15) is 0 Å². The summed E-state index contributed by atoms with van der Waals surface area (Å²) < 4.78 is 2.29. The van der Waals surface area contributed by atoms with Gasteiger partial charge >= 0.3 is 0 Å². The van der Waals surface area contributed by atoms with E-state index in [2.05, 4.69) is 46.3 Å². The van der Waals surface area contributed by atoms with Crippen LogP contribution in [0.25, 0.3) is 0 Å². The maximum absolute atomic E-state index is 4.59.